The van der Waals surface area contributed by atoms with Gasteiger partial charge in [-0.2, -0.15) is 0 Å². The van der Waals surface area contributed by atoms with Gasteiger partial charge in [0.15, 0.2) is 0 Å². The van der Waals surface area contributed by atoms with Crippen LogP contribution in [0.5, 0.6) is 0 Å². The summed E-state index contributed by atoms with van der Waals surface area (Å²) >= 11 is 0. The summed E-state index contributed by atoms with van der Waals surface area (Å²) in [6.07, 6.45) is 0. The molecular weight excluding hydrogens is 204 g/mol. The highest BCUT2D eigenvalue weighted by atomic mass is 35.5. The molecule has 4 nitrogen and oxygen atoms in total. The number of nitrogens with two attached hydrogens (primary N) is 1. The predicted octanol–water partition coefficient (Wildman–Crippen LogP) is 0.858. The number of nitrogens with one attached hydrogen (secondary N) is 1. The molecule has 0 aliphatic heterocycles. The lowest BCUT2D eigenvalue weighted by molar-refractivity contribution is 0.0600. The molecule has 1 aromatic carbocycles. The summed E-state index contributed by atoms with van der Waals surface area (Å²) in [5.74, 6) is 4.82. The molecule has 0 radical (unpaired) electrons. The van der Waals surface area contributed by atoms with Crippen LogP contribution in [-0.2, 0) is 11.3 Å². The zero-order valence-corrected chi connectivity index (χ0v) is 8.64. The van der Waals surface area contributed by atoms with Crippen LogP contribution in [0.3, 0.4) is 0 Å². The molecule has 0 bridgehead atoms. The minimum Gasteiger partial charge on any atom is -0.465 e. The lowest BCUT2D eigenvalue weighted by atomic mass is 10.1. The second kappa shape index (κ2) is 6.37. The average molecular weight is 217 g/mol. The van der Waals surface area contributed by atoms with Gasteiger partial charge in [-0.1, -0.05) is 12.1 Å². The Morgan fingerprint density at radius 3 is 2.86 bits per heavy atom. The normalized spacial score (nSPS) is 9.00. The van der Waals surface area contributed by atoms with Gasteiger partial charge >= 0.3 is 5.97 Å². The minimum atomic E-state index is -0.334. The van der Waals surface area contributed by atoms with Gasteiger partial charge < -0.3 is 4.74 Å². The molecule has 0 saturated heterocycles. The molecule has 0 saturated carbocycles. The highest BCUT2D eigenvalue weighted by molar-refractivity contribution is 5.89. The van der Waals surface area contributed by atoms with Crippen LogP contribution in [0.15, 0.2) is 24.3 Å². The maximum Gasteiger partial charge on any atom is 0.337 e. The van der Waals surface area contributed by atoms with Gasteiger partial charge in [-0.25, -0.2) is 4.79 Å². The first kappa shape index (κ1) is 12.9. The number of hydrogen-bond acceptors (Lipinski definition) is 4. The lowest BCUT2D eigenvalue weighted by Crippen LogP contribution is -2.20. The molecule has 1 rings (SSSR count). The number of esters is 1. The van der Waals surface area contributed by atoms with Crippen LogP contribution < -0.4 is 11.3 Å². The van der Waals surface area contributed by atoms with Crippen LogP contribution in [-0.4, -0.2) is 13.1 Å². The third kappa shape index (κ3) is 3.33. The van der Waals surface area contributed by atoms with E-state index < -0.39 is 0 Å². The Bertz CT molecular complexity index is 305. The highest BCUT2D eigenvalue weighted by Gasteiger charge is 2.04. The zero-order valence-electron chi connectivity index (χ0n) is 7.82. The van der Waals surface area contributed by atoms with Crippen LogP contribution in [0.1, 0.15) is 15.9 Å². The Labute approximate surface area is 88.8 Å². The van der Waals surface area contributed by atoms with Crippen LogP contribution in [0.2, 0.25) is 0 Å². The summed E-state index contributed by atoms with van der Waals surface area (Å²) in [5.41, 5.74) is 4.00. The van der Waals surface area contributed by atoms with E-state index in [4.69, 9.17) is 5.84 Å². The third-order valence-electron chi connectivity index (χ3n) is 1.65. The number of methoxy groups -OCH3 is 1. The fraction of sp³-hybridized carbons (Fsp3) is 0.222. The van der Waals surface area contributed by atoms with Crippen molar-refractivity contribution < 1.29 is 9.53 Å². The van der Waals surface area contributed by atoms with E-state index in [1.165, 1.54) is 7.11 Å². The molecule has 0 amide bonds. The first-order chi connectivity index (χ1) is 6.27. The van der Waals surface area contributed by atoms with Gasteiger partial charge in [0.25, 0.3) is 0 Å². The van der Waals surface area contributed by atoms with E-state index in [1.807, 2.05) is 6.07 Å². The Morgan fingerprint density at radius 2 is 2.29 bits per heavy atom. The van der Waals surface area contributed by atoms with Gasteiger partial charge in [0.05, 0.1) is 12.7 Å². The Kier molecular flexibility index (Phi) is 5.87. The SMILES string of the molecule is COC(=O)c1cccc(CNN)c1.Cl. The molecule has 0 fully saturated rings. The van der Waals surface area contributed by atoms with Crippen molar-refractivity contribution in [1.82, 2.24) is 5.43 Å². The summed E-state index contributed by atoms with van der Waals surface area (Å²) in [5, 5.41) is 0. The minimum absolute atomic E-state index is 0. The van der Waals surface area contributed by atoms with E-state index in [2.05, 4.69) is 10.2 Å². The van der Waals surface area contributed by atoms with Crippen molar-refractivity contribution in [3.05, 3.63) is 35.4 Å². The van der Waals surface area contributed by atoms with Crippen molar-refractivity contribution in [3.8, 4) is 0 Å². The number of rotatable bonds is 3. The van der Waals surface area contributed by atoms with Gasteiger partial charge in [0, 0.05) is 6.54 Å². The van der Waals surface area contributed by atoms with Crippen LogP contribution >= 0.6 is 12.4 Å². The van der Waals surface area contributed by atoms with E-state index >= 15 is 0 Å². The lowest BCUT2D eigenvalue weighted by Gasteiger charge is -2.02. The summed E-state index contributed by atoms with van der Waals surface area (Å²) in [7, 11) is 1.36. The first-order valence-corrected chi connectivity index (χ1v) is 3.88. The highest BCUT2D eigenvalue weighted by Crippen LogP contribution is 2.05. The van der Waals surface area contributed by atoms with E-state index in [9.17, 15) is 4.79 Å². The summed E-state index contributed by atoms with van der Waals surface area (Å²) in [6.45, 7) is 0.533. The quantitative estimate of drug-likeness (QED) is 0.447. The molecule has 0 heterocycles. The third-order valence-corrected chi connectivity index (χ3v) is 1.65. The summed E-state index contributed by atoms with van der Waals surface area (Å²) in [4.78, 5) is 11.1. The fourth-order valence-electron chi connectivity index (χ4n) is 1.04. The molecule has 14 heavy (non-hydrogen) atoms. The fourth-order valence-corrected chi connectivity index (χ4v) is 1.04. The second-order valence-electron chi connectivity index (χ2n) is 2.57. The molecule has 3 N–H and O–H groups in total. The van der Waals surface area contributed by atoms with Gasteiger partial charge in [-0.3, -0.25) is 11.3 Å². The van der Waals surface area contributed by atoms with E-state index in [0.29, 0.717) is 12.1 Å². The van der Waals surface area contributed by atoms with E-state index in [1.54, 1.807) is 18.2 Å². The van der Waals surface area contributed by atoms with Gasteiger partial charge in [0.1, 0.15) is 0 Å². The van der Waals surface area contributed by atoms with Crippen LogP contribution in [0, 0.1) is 0 Å². The van der Waals surface area contributed by atoms with Crippen molar-refractivity contribution in [2.45, 2.75) is 6.54 Å². The predicted molar refractivity (Wildman–Crippen MR) is 56.1 cm³/mol. The Hall–Kier alpha value is -1.10. The molecule has 78 valence electrons. The summed E-state index contributed by atoms with van der Waals surface area (Å²) < 4.78 is 4.58. The maximum absolute atomic E-state index is 11.1. The van der Waals surface area contributed by atoms with Crippen molar-refractivity contribution in [2.24, 2.45) is 5.84 Å². The zero-order chi connectivity index (χ0) is 9.68. The number of hydrogen-bond donors (Lipinski definition) is 2. The molecule has 1 aromatic rings. The average Bonchev–Trinajstić information content (AvgIpc) is 2.18. The second-order valence-corrected chi connectivity index (χ2v) is 2.57. The molecule has 0 unspecified atom stereocenters. The van der Waals surface area contributed by atoms with Crippen molar-refractivity contribution in [3.63, 3.8) is 0 Å². The van der Waals surface area contributed by atoms with Crippen molar-refractivity contribution in [1.29, 1.82) is 0 Å². The van der Waals surface area contributed by atoms with E-state index in [-0.39, 0.29) is 18.4 Å². The van der Waals surface area contributed by atoms with Crippen LogP contribution in [0.4, 0.5) is 0 Å². The molecular formula is C9H13ClN2O2. The number of carbonyl (C=O) groups is 1. The number of ether oxygens (including phenoxy) is 1. The number of hydrazine groups is 1. The summed E-state index contributed by atoms with van der Waals surface area (Å²) in [6, 6.07) is 7.11. The van der Waals surface area contributed by atoms with Gasteiger partial charge in [-0.15, -0.1) is 12.4 Å². The Balaban J connectivity index is 0.00000169. The molecule has 0 aliphatic rings. The first-order valence-electron chi connectivity index (χ1n) is 3.88. The molecule has 5 heteroatoms. The number of benzene rings is 1. The molecule has 0 atom stereocenters. The van der Waals surface area contributed by atoms with Crippen molar-refractivity contribution in [2.75, 3.05) is 7.11 Å². The van der Waals surface area contributed by atoms with Crippen LogP contribution in [0.25, 0.3) is 0 Å². The molecule has 0 spiro atoms. The monoisotopic (exact) mass is 216 g/mol. The van der Waals surface area contributed by atoms with Crippen molar-refractivity contribution >= 4 is 18.4 Å². The molecule has 0 aliphatic carbocycles. The standard InChI is InChI=1S/C9H12N2O2.ClH/c1-13-9(12)8-4-2-3-7(5-8)6-11-10;/h2-5,11H,6,10H2,1H3;1H. The number of halogens is 1. The van der Waals surface area contributed by atoms with Gasteiger partial charge in [-0.05, 0) is 17.7 Å². The maximum atomic E-state index is 11.1. The van der Waals surface area contributed by atoms with Gasteiger partial charge in [0.2, 0.25) is 0 Å². The molecule has 0 aromatic heterocycles. The number of carbonyl (C=O) groups excluding carboxylic acids is 1. The van der Waals surface area contributed by atoms with E-state index in [0.717, 1.165) is 5.56 Å². The Morgan fingerprint density at radius 1 is 1.57 bits per heavy atom. The largest absolute Gasteiger partial charge is 0.465 e. The topological polar surface area (TPSA) is 64.3 Å². The smallest absolute Gasteiger partial charge is 0.337 e.